The fourth-order valence-corrected chi connectivity index (χ4v) is 7.28. The molecule has 0 spiro atoms. The zero-order valence-corrected chi connectivity index (χ0v) is 26.4. The second-order valence-corrected chi connectivity index (χ2v) is 13.8. The van der Waals surface area contributed by atoms with Crippen molar-refractivity contribution in [1.29, 1.82) is 0 Å². The highest BCUT2D eigenvalue weighted by Gasteiger charge is 2.48. The van der Waals surface area contributed by atoms with Gasteiger partial charge >= 0.3 is 0 Å². The van der Waals surface area contributed by atoms with E-state index in [1.54, 1.807) is 6.07 Å². The van der Waals surface area contributed by atoms with Crippen LogP contribution in [0.3, 0.4) is 0 Å². The smallest absolute Gasteiger partial charge is 0.175 e. The molecule has 2 aromatic carbocycles. The number of nitrogens with zero attached hydrogens (tertiary/aromatic N) is 1. The average Bonchev–Trinajstić information content (AvgIpc) is 2.86. The molecule has 0 bridgehead atoms. The maximum Gasteiger partial charge on any atom is 0.175 e. The predicted molar refractivity (Wildman–Crippen MR) is 161 cm³/mol. The quantitative estimate of drug-likeness (QED) is 0.311. The van der Waals surface area contributed by atoms with Crippen molar-refractivity contribution in [2.75, 3.05) is 13.2 Å². The van der Waals surface area contributed by atoms with Crippen LogP contribution in [0.1, 0.15) is 84.3 Å². The Balaban J connectivity index is 1.66. The third kappa shape index (κ3) is 5.75. The molecule has 0 fully saturated rings. The molecule has 1 heterocycles. The first-order valence-electron chi connectivity index (χ1n) is 14.5. The van der Waals surface area contributed by atoms with Crippen LogP contribution in [-0.4, -0.2) is 29.6 Å². The summed E-state index contributed by atoms with van der Waals surface area (Å²) in [7, 11) is 0. The van der Waals surface area contributed by atoms with E-state index in [0.717, 1.165) is 40.9 Å². The van der Waals surface area contributed by atoms with Crippen LogP contribution >= 0.6 is 15.9 Å². The lowest BCUT2D eigenvalue weighted by Gasteiger charge is -2.49. The van der Waals surface area contributed by atoms with Crippen molar-refractivity contribution in [2.24, 2.45) is 10.8 Å². The molecular weight excluding hydrogens is 585 g/mol. The number of hydrogen-bond acceptors (Lipinski definition) is 5. The normalized spacial score (nSPS) is 20.2. The summed E-state index contributed by atoms with van der Waals surface area (Å²) in [6.45, 7) is 13.9. The Morgan fingerprint density at radius 2 is 1.51 bits per heavy atom. The summed E-state index contributed by atoms with van der Waals surface area (Å²) in [5.74, 6) is 0.429. The molecule has 218 valence electrons. The number of ketones is 2. The van der Waals surface area contributed by atoms with Gasteiger partial charge in [-0.1, -0.05) is 39.8 Å². The van der Waals surface area contributed by atoms with Crippen molar-refractivity contribution >= 4 is 27.5 Å². The summed E-state index contributed by atoms with van der Waals surface area (Å²) in [5, 5.41) is 0. The van der Waals surface area contributed by atoms with Gasteiger partial charge in [0.05, 0.1) is 11.1 Å². The molecule has 0 saturated carbocycles. The SMILES string of the molecule is CCOc1cc(C2C3=C(CC(C)(C)CC3=O)N(CC)C3=C2C(=O)CC(C)(C)C3)cc(Br)c1OCc1cccc(F)c1. The molecule has 41 heavy (non-hydrogen) atoms. The number of halogens is 2. The van der Waals surface area contributed by atoms with Gasteiger partial charge in [-0.25, -0.2) is 4.39 Å². The van der Waals surface area contributed by atoms with Crippen LogP contribution in [0.25, 0.3) is 0 Å². The molecule has 5 nitrogen and oxygen atoms in total. The van der Waals surface area contributed by atoms with E-state index in [0.29, 0.717) is 47.5 Å². The van der Waals surface area contributed by atoms with Gasteiger partial charge in [0.2, 0.25) is 0 Å². The van der Waals surface area contributed by atoms with Gasteiger partial charge in [0.25, 0.3) is 0 Å². The molecule has 1 aliphatic heterocycles. The van der Waals surface area contributed by atoms with Crippen LogP contribution in [-0.2, 0) is 16.2 Å². The van der Waals surface area contributed by atoms with Crippen molar-refractivity contribution in [3.63, 3.8) is 0 Å². The number of carbonyl (C=O) groups excluding carboxylic acids is 2. The van der Waals surface area contributed by atoms with Crippen molar-refractivity contribution in [1.82, 2.24) is 4.90 Å². The number of benzene rings is 2. The van der Waals surface area contributed by atoms with E-state index in [9.17, 15) is 14.0 Å². The molecule has 7 heteroatoms. The molecular formula is C34H39BrFNO4. The Hall–Kier alpha value is -2.93. The first-order chi connectivity index (χ1) is 19.3. The molecule has 3 aliphatic rings. The summed E-state index contributed by atoms with van der Waals surface area (Å²) in [5.41, 5.74) is 4.77. The molecule has 0 N–H and O–H groups in total. The number of hydrogen-bond donors (Lipinski definition) is 0. The Morgan fingerprint density at radius 1 is 0.902 bits per heavy atom. The molecule has 2 aliphatic carbocycles. The van der Waals surface area contributed by atoms with Gasteiger partial charge in [-0.05, 0) is 88.8 Å². The molecule has 5 rings (SSSR count). The molecule has 0 amide bonds. The van der Waals surface area contributed by atoms with Crippen LogP contribution < -0.4 is 9.47 Å². The molecule has 0 unspecified atom stereocenters. The molecule has 0 saturated heterocycles. The maximum absolute atomic E-state index is 13.9. The van der Waals surface area contributed by atoms with Crippen molar-refractivity contribution in [3.8, 4) is 11.5 Å². The van der Waals surface area contributed by atoms with Crippen LogP contribution in [0.5, 0.6) is 11.5 Å². The van der Waals surface area contributed by atoms with Gasteiger partial charge < -0.3 is 14.4 Å². The lowest BCUT2D eigenvalue weighted by molar-refractivity contribution is -0.119. The Labute approximate surface area is 250 Å². The average molecular weight is 625 g/mol. The van der Waals surface area contributed by atoms with Crippen molar-refractivity contribution in [2.45, 2.75) is 79.8 Å². The number of Topliss-reactive ketones (excluding diaryl/α,β-unsaturated/α-hetero) is 2. The highest BCUT2D eigenvalue weighted by atomic mass is 79.9. The Morgan fingerprint density at radius 3 is 2.05 bits per heavy atom. The van der Waals surface area contributed by atoms with Crippen LogP contribution in [0.15, 0.2) is 63.4 Å². The third-order valence-electron chi connectivity index (χ3n) is 8.28. The molecule has 2 aromatic rings. The molecule has 0 aromatic heterocycles. The first kappa shape index (κ1) is 29.6. The number of rotatable bonds is 7. The fourth-order valence-electron chi connectivity index (χ4n) is 6.70. The molecule has 0 radical (unpaired) electrons. The van der Waals surface area contributed by atoms with Crippen molar-refractivity contribution in [3.05, 3.63) is 80.4 Å². The summed E-state index contributed by atoms with van der Waals surface area (Å²) >= 11 is 3.70. The van der Waals surface area contributed by atoms with E-state index in [1.807, 2.05) is 25.1 Å². The number of allylic oxidation sites excluding steroid dienone is 4. The van der Waals surface area contributed by atoms with E-state index >= 15 is 0 Å². The predicted octanol–water partition coefficient (Wildman–Crippen LogP) is 8.27. The van der Waals surface area contributed by atoms with Gasteiger partial charge in [-0.3, -0.25) is 9.59 Å². The maximum atomic E-state index is 13.9. The second-order valence-electron chi connectivity index (χ2n) is 13.0. The monoisotopic (exact) mass is 623 g/mol. The van der Waals surface area contributed by atoms with Crippen LogP contribution in [0.2, 0.25) is 0 Å². The van der Waals surface area contributed by atoms with E-state index in [2.05, 4.69) is 55.4 Å². The van der Waals surface area contributed by atoms with E-state index < -0.39 is 5.92 Å². The van der Waals surface area contributed by atoms with Crippen molar-refractivity contribution < 1.29 is 23.5 Å². The summed E-state index contributed by atoms with van der Waals surface area (Å²) in [4.78, 5) is 30.1. The van der Waals surface area contributed by atoms with E-state index in [1.165, 1.54) is 12.1 Å². The largest absolute Gasteiger partial charge is 0.490 e. The minimum absolute atomic E-state index is 0.101. The zero-order chi connectivity index (χ0) is 29.7. The van der Waals surface area contributed by atoms with Gasteiger partial charge in [-0.2, -0.15) is 0 Å². The van der Waals surface area contributed by atoms with Gasteiger partial charge in [0, 0.05) is 47.8 Å². The highest BCUT2D eigenvalue weighted by Crippen LogP contribution is 2.55. The topological polar surface area (TPSA) is 55.8 Å². The molecule has 0 atom stereocenters. The minimum atomic E-state index is -0.470. The van der Waals surface area contributed by atoms with E-state index in [-0.39, 0.29) is 34.8 Å². The second kappa shape index (κ2) is 11.0. The van der Waals surface area contributed by atoms with Gasteiger partial charge in [0.15, 0.2) is 23.1 Å². The van der Waals surface area contributed by atoms with Gasteiger partial charge in [0.1, 0.15) is 12.4 Å². The third-order valence-corrected chi connectivity index (χ3v) is 8.86. The number of carbonyl (C=O) groups is 2. The summed E-state index contributed by atoms with van der Waals surface area (Å²) < 4.78 is 26.6. The summed E-state index contributed by atoms with van der Waals surface area (Å²) in [6.07, 6.45) is 2.43. The fraction of sp³-hybridized carbons (Fsp3) is 0.471. The lowest BCUT2D eigenvalue weighted by atomic mass is 9.63. The van der Waals surface area contributed by atoms with E-state index in [4.69, 9.17) is 9.47 Å². The number of ether oxygens (including phenoxy) is 2. The van der Waals surface area contributed by atoms with Crippen LogP contribution in [0, 0.1) is 16.6 Å². The highest BCUT2D eigenvalue weighted by molar-refractivity contribution is 9.10. The Kier molecular flexibility index (Phi) is 7.97. The zero-order valence-electron chi connectivity index (χ0n) is 24.8. The summed E-state index contributed by atoms with van der Waals surface area (Å²) in [6, 6.07) is 10.2. The lowest BCUT2D eigenvalue weighted by Crippen LogP contribution is -2.44. The standard InChI is InChI=1S/C34H39BrFNO4/c1-7-37-24-15-33(3,4)17-26(38)30(24)29(31-25(37)16-34(5,6)18-27(31)39)21-13-23(35)32(28(14-21)40-8-2)41-19-20-10-9-11-22(36)12-20/h9-14,29H,7-8,15-19H2,1-6H3. The van der Waals surface area contributed by atoms with Gasteiger partial charge in [-0.15, -0.1) is 0 Å². The Bertz CT molecular complexity index is 1420. The minimum Gasteiger partial charge on any atom is -0.490 e. The first-order valence-corrected chi connectivity index (χ1v) is 15.3. The van der Waals surface area contributed by atoms with Crippen LogP contribution in [0.4, 0.5) is 4.39 Å².